The Kier molecular flexibility index (Phi) is 6.14. The van der Waals surface area contributed by atoms with E-state index >= 15 is 0 Å². The number of nitrogens with zero attached hydrogens (tertiary/aromatic N) is 3. The van der Waals surface area contributed by atoms with Gasteiger partial charge in [-0.1, -0.05) is 42.5 Å². The molecule has 5 nitrogen and oxygen atoms in total. The van der Waals surface area contributed by atoms with Crippen molar-refractivity contribution in [3.8, 4) is 22.9 Å². The zero-order valence-corrected chi connectivity index (χ0v) is 18.2. The molecule has 0 aliphatic carbocycles. The number of hydrazone groups is 1. The molecule has 1 N–H and O–H groups in total. The predicted molar refractivity (Wildman–Crippen MR) is 127 cm³/mol. The maximum absolute atomic E-state index is 14.0. The molecule has 4 aromatic rings. The number of rotatable bonds is 5. The van der Waals surface area contributed by atoms with Crippen LogP contribution in [0.4, 0.5) is 4.39 Å². The summed E-state index contributed by atoms with van der Waals surface area (Å²) in [5.74, 6) is -1.45. The third-order valence-corrected chi connectivity index (χ3v) is 5.42. The Bertz CT molecular complexity index is 1380. The first-order chi connectivity index (χ1) is 16.0. The summed E-state index contributed by atoms with van der Waals surface area (Å²) in [6, 6.07) is 26.0. The normalized spacial score (nSPS) is 10.8. The van der Waals surface area contributed by atoms with Gasteiger partial charge in [0.25, 0.3) is 5.91 Å². The van der Waals surface area contributed by atoms with Gasteiger partial charge >= 0.3 is 0 Å². The number of amides is 1. The summed E-state index contributed by atoms with van der Waals surface area (Å²) in [5.41, 5.74) is 8.46. The summed E-state index contributed by atoms with van der Waals surface area (Å²) in [7, 11) is 0. The van der Waals surface area contributed by atoms with E-state index in [-0.39, 0.29) is 11.1 Å². The van der Waals surface area contributed by atoms with Crippen LogP contribution in [-0.2, 0) is 0 Å². The second kappa shape index (κ2) is 9.33. The Morgan fingerprint density at radius 3 is 2.36 bits per heavy atom. The first-order valence-electron chi connectivity index (χ1n) is 10.4. The molecule has 1 heterocycles. The van der Waals surface area contributed by atoms with Crippen molar-refractivity contribution in [2.45, 2.75) is 13.8 Å². The largest absolute Gasteiger partial charge is 0.318 e. The van der Waals surface area contributed by atoms with Crippen LogP contribution in [0.2, 0.25) is 0 Å². The summed E-state index contributed by atoms with van der Waals surface area (Å²) < 4.78 is 16.1. The van der Waals surface area contributed by atoms with Gasteiger partial charge in [0.15, 0.2) is 0 Å². The molecule has 0 bridgehead atoms. The summed E-state index contributed by atoms with van der Waals surface area (Å²) in [4.78, 5) is 12.2. The molecule has 4 rings (SSSR count). The van der Waals surface area contributed by atoms with Crippen LogP contribution in [0, 0.1) is 31.0 Å². The van der Waals surface area contributed by atoms with Gasteiger partial charge in [-0.2, -0.15) is 10.4 Å². The van der Waals surface area contributed by atoms with Gasteiger partial charge in [0.2, 0.25) is 0 Å². The zero-order chi connectivity index (χ0) is 23.4. The molecule has 0 radical (unpaired) electrons. The van der Waals surface area contributed by atoms with Gasteiger partial charge in [0, 0.05) is 22.6 Å². The van der Waals surface area contributed by atoms with Crippen LogP contribution in [0.1, 0.15) is 32.9 Å². The van der Waals surface area contributed by atoms with E-state index in [1.165, 1.54) is 18.3 Å². The summed E-state index contributed by atoms with van der Waals surface area (Å²) in [6.45, 7) is 3.97. The van der Waals surface area contributed by atoms with Crippen molar-refractivity contribution in [1.29, 1.82) is 5.26 Å². The van der Waals surface area contributed by atoms with E-state index in [4.69, 9.17) is 5.26 Å². The quantitative estimate of drug-likeness (QED) is 0.330. The van der Waals surface area contributed by atoms with Crippen LogP contribution < -0.4 is 5.43 Å². The molecule has 162 valence electrons. The van der Waals surface area contributed by atoms with Crippen molar-refractivity contribution in [2.24, 2.45) is 5.10 Å². The number of aromatic nitrogens is 1. The van der Waals surface area contributed by atoms with Crippen LogP contribution >= 0.6 is 0 Å². The third-order valence-electron chi connectivity index (χ3n) is 5.42. The number of halogens is 1. The molecule has 0 saturated heterocycles. The molecule has 0 saturated carbocycles. The highest BCUT2D eigenvalue weighted by molar-refractivity contribution is 5.95. The highest BCUT2D eigenvalue weighted by Crippen LogP contribution is 2.24. The minimum absolute atomic E-state index is 0.150. The van der Waals surface area contributed by atoms with Gasteiger partial charge in [0.05, 0.1) is 23.4 Å². The number of carbonyl (C=O) groups is 1. The van der Waals surface area contributed by atoms with Crippen molar-refractivity contribution in [2.75, 3.05) is 0 Å². The Morgan fingerprint density at radius 2 is 1.70 bits per heavy atom. The van der Waals surface area contributed by atoms with Crippen molar-refractivity contribution in [1.82, 2.24) is 9.99 Å². The van der Waals surface area contributed by atoms with E-state index < -0.39 is 11.7 Å². The maximum Gasteiger partial charge on any atom is 0.274 e. The van der Waals surface area contributed by atoms with Crippen LogP contribution in [0.15, 0.2) is 84.0 Å². The molecule has 0 spiro atoms. The Hall–Kier alpha value is -4.50. The van der Waals surface area contributed by atoms with Crippen LogP contribution in [0.25, 0.3) is 16.8 Å². The number of hydrogen-bond acceptors (Lipinski definition) is 3. The molecule has 6 heteroatoms. The van der Waals surface area contributed by atoms with E-state index in [1.807, 2.05) is 44.2 Å². The first kappa shape index (κ1) is 21.7. The summed E-state index contributed by atoms with van der Waals surface area (Å²) in [5, 5.41) is 12.8. The average molecular weight is 436 g/mol. The van der Waals surface area contributed by atoms with E-state index in [2.05, 4.69) is 51.5 Å². The number of hydrogen-bond donors (Lipinski definition) is 1. The highest BCUT2D eigenvalue weighted by Gasteiger charge is 2.13. The maximum atomic E-state index is 14.0. The van der Waals surface area contributed by atoms with Crippen molar-refractivity contribution < 1.29 is 9.18 Å². The van der Waals surface area contributed by atoms with E-state index in [0.29, 0.717) is 0 Å². The Morgan fingerprint density at radius 1 is 1.00 bits per heavy atom. The third kappa shape index (κ3) is 4.58. The standard InChI is InChI=1S/C27H21FN4O/c1-18-14-23(17-30-31-27(33)25-13-8-20(16-29)15-26(25)28)19(2)32(18)24-11-9-22(10-12-24)21-6-4-3-5-7-21/h3-15,17H,1-2H3,(H,31,33)/b30-17+. The van der Waals surface area contributed by atoms with Gasteiger partial charge in [-0.15, -0.1) is 0 Å². The van der Waals surface area contributed by atoms with Crippen molar-refractivity contribution in [3.63, 3.8) is 0 Å². The van der Waals surface area contributed by atoms with Crippen LogP contribution in [0.3, 0.4) is 0 Å². The fraction of sp³-hybridized carbons (Fsp3) is 0.0741. The number of nitriles is 1. The molecule has 0 unspecified atom stereocenters. The number of benzene rings is 3. The fourth-order valence-corrected chi connectivity index (χ4v) is 3.74. The lowest BCUT2D eigenvalue weighted by molar-refractivity contribution is 0.0951. The SMILES string of the molecule is Cc1cc(/C=N/NC(=O)c2ccc(C#N)cc2F)c(C)n1-c1ccc(-c2ccccc2)cc1. The van der Waals surface area contributed by atoms with Gasteiger partial charge in [-0.25, -0.2) is 9.82 Å². The monoisotopic (exact) mass is 436 g/mol. The molecular weight excluding hydrogens is 415 g/mol. The second-order valence-corrected chi connectivity index (χ2v) is 7.58. The molecule has 1 amide bonds. The second-order valence-electron chi connectivity index (χ2n) is 7.58. The zero-order valence-electron chi connectivity index (χ0n) is 18.2. The van der Waals surface area contributed by atoms with E-state index in [1.54, 1.807) is 0 Å². The molecule has 0 fully saturated rings. The molecule has 0 aliphatic heterocycles. The van der Waals surface area contributed by atoms with Crippen molar-refractivity contribution in [3.05, 3.63) is 113 Å². The topological polar surface area (TPSA) is 70.2 Å². The highest BCUT2D eigenvalue weighted by atomic mass is 19.1. The smallest absolute Gasteiger partial charge is 0.274 e. The lowest BCUT2D eigenvalue weighted by Gasteiger charge is -2.11. The van der Waals surface area contributed by atoms with E-state index in [0.717, 1.165) is 39.8 Å². The van der Waals surface area contributed by atoms with Gasteiger partial charge in [-0.3, -0.25) is 4.79 Å². The van der Waals surface area contributed by atoms with Crippen LogP contribution in [0.5, 0.6) is 0 Å². The first-order valence-corrected chi connectivity index (χ1v) is 10.4. The molecule has 33 heavy (non-hydrogen) atoms. The average Bonchev–Trinajstić information content (AvgIpc) is 3.12. The Balaban J connectivity index is 1.51. The number of nitrogens with one attached hydrogen (secondary N) is 1. The van der Waals surface area contributed by atoms with Crippen LogP contribution in [-0.4, -0.2) is 16.7 Å². The summed E-state index contributed by atoms with van der Waals surface area (Å²) >= 11 is 0. The predicted octanol–water partition coefficient (Wildman–Crippen LogP) is 5.54. The Labute approximate surface area is 191 Å². The molecule has 0 atom stereocenters. The lowest BCUT2D eigenvalue weighted by Crippen LogP contribution is -2.19. The number of carbonyl (C=O) groups excluding carboxylic acids is 1. The number of aryl methyl sites for hydroxylation is 1. The molecule has 1 aromatic heterocycles. The molecule has 3 aromatic carbocycles. The minimum Gasteiger partial charge on any atom is -0.318 e. The van der Waals surface area contributed by atoms with Gasteiger partial charge in [0.1, 0.15) is 5.82 Å². The molecular formula is C27H21FN4O. The van der Waals surface area contributed by atoms with Gasteiger partial charge < -0.3 is 4.57 Å². The molecule has 0 aliphatic rings. The van der Waals surface area contributed by atoms with Gasteiger partial charge in [-0.05, 0) is 61.4 Å². The fourth-order valence-electron chi connectivity index (χ4n) is 3.74. The van der Waals surface area contributed by atoms with E-state index in [9.17, 15) is 9.18 Å². The minimum atomic E-state index is -0.765. The lowest BCUT2D eigenvalue weighted by atomic mass is 10.1. The summed E-state index contributed by atoms with van der Waals surface area (Å²) in [6.07, 6.45) is 1.54. The van der Waals surface area contributed by atoms with Crippen molar-refractivity contribution >= 4 is 12.1 Å².